The molecule has 142 valence electrons. The number of benzene rings is 1. The van der Waals surface area contributed by atoms with Gasteiger partial charge in [-0.15, -0.1) is 10.2 Å². The minimum atomic E-state index is -0.901. The third-order valence-corrected chi connectivity index (χ3v) is 5.70. The number of hydrogen-bond acceptors (Lipinski definition) is 5. The Morgan fingerprint density at radius 2 is 1.93 bits per heavy atom. The smallest absolute Gasteiger partial charge is 0.326 e. The molecular formula is C20H23N3O4. The van der Waals surface area contributed by atoms with Gasteiger partial charge in [0.25, 0.3) is 0 Å². The van der Waals surface area contributed by atoms with E-state index in [4.69, 9.17) is 4.42 Å². The molecule has 7 heteroatoms. The molecule has 1 amide bonds. The Morgan fingerprint density at radius 3 is 2.70 bits per heavy atom. The number of hydrogen-bond donors (Lipinski definition) is 1. The van der Waals surface area contributed by atoms with Gasteiger partial charge in [-0.3, -0.25) is 4.79 Å². The Labute approximate surface area is 157 Å². The number of aliphatic carboxylic acids is 1. The van der Waals surface area contributed by atoms with E-state index in [-0.39, 0.29) is 18.4 Å². The first-order valence-corrected chi connectivity index (χ1v) is 9.55. The van der Waals surface area contributed by atoms with E-state index in [1.165, 1.54) is 0 Å². The highest BCUT2D eigenvalue weighted by Crippen LogP contribution is 2.40. The van der Waals surface area contributed by atoms with Crippen LogP contribution in [-0.4, -0.2) is 44.2 Å². The van der Waals surface area contributed by atoms with E-state index in [1.807, 2.05) is 30.3 Å². The van der Waals surface area contributed by atoms with Gasteiger partial charge in [-0.2, -0.15) is 0 Å². The largest absolute Gasteiger partial charge is 0.480 e. The maximum atomic E-state index is 12.8. The molecule has 1 N–H and O–H groups in total. The molecule has 3 atom stereocenters. The van der Waals surface area contributed by atoms with Crippen LogP contribution in [0.3, 0.4) is 0 Å². The Morgan fingerprint density at radius 1 is 1.15 bits per heavy atom. The van der Waals surface area contributed by atoms with Crippen LogP contribution >= 0.6 is 0 Å². The molecule has 0 spiro atoms. The van der Waals surface area contributed by atoms with Crippen molar-refractivity contribution in [3.63, 3.8) is 0 Å². The number of amides is 1. The van der Waals surface area contributed by atoms with Crippen molar-refractivity contribution in [3.05, 3.63) is 36.2 Å². The molecule has 7 nitrogen and oxygen atoms in total. The Hall–Kier alpha value is -2.70. The zero-order valence-electron chi connectivity index (χ0n) is 15.1. The quantitative estimate of drug-likeness (QED) is 0.870. The van der Waals surface area contributed by atoms with Gasteiger partial charge in [0.2, 0.25) is 17.7 Å². The van der Waals surface area contributed by atoms with Crippen molar-refractivity contribution in [3.8, 4) is 11.5 Å². The molecule has 1 saturated heterocycles. The fourth-order valence-corrected chi connectivity index (χ4v) is 4.43. The van der Waals surface area contributed by atoms with Crippen molar-refractivity contribution >= 4 is 11.9 Å². The van der Waals surface area contributed by atoms with E-state index in [9.17, 15) is 14.7 Å². The van der Waals surface area contributed by atoms with Gasteiger partial charge in [0, 0.05) is 24.4 Å². The summed E-state index contributed by atoms with van der Waals surface area (Å²) in [7, 11) is 0. The second-order valence-corrected chi connectivity index (χ2v) is 7.37. The normalized spacial score (nSPS) is 24.6. The van der Waals surface area contributed by atoms with E-state index in [2.05, 4.69) is 10.2 Å². The molecule has 2 fully saturated rings. The van der Waals surface area contributed by atoms with Gasteiger partial charge < -0.3 is 14.4 Å². The molecule has 1 aromatic carbocycles. The first-order chi connectivity index (χ1) is 13.1. The lowest BCUT2D eigenvalue weighted by molar-refractivity contribution is -0.149. The van der Waals surface area contributed by atoms with E-state index in [1.54, 1.807) is 4.90 Å². The molecule has 2 aliphatic rings. The molecule has 0 bridgehead atoms. The fraction of sp³-hybridized carbons (Fsp3) is 0.500. The number of aryl methyl sites for hydroxylation is 1. The van der Waals surface area contributed by atoms with Crippen molar-refractivity contribution in [2.45, 2.75) is 57.0 Å². The number of nitrogens with zero attached hydrogens (tertiary/aromatic N) is 3. The van der Waals surface area contributed by atoms with E-state index in [0.717, 1.165) is 31.2 Å². The summed E-state index contributed by atoms with van der Waals surface area (Å²) in [6.45, 7) is 0. The number of fused-ring (bicyclic) bond motifs is 1. The Kier molecular flexibility index (Phi) is 4.92. The standard InChI is InChI=1S/C20H23N3O4/c24-18(23-15-9-5-4-8-14(15)12-16(23)20(25)26)11-10-17-21-22-19(27-17)13-6-2-1-3-7-13/h1-3,6-7,14-16H,4-5,8-12H2,(H,25,26)/t14-,15+,16+/m1/s1. The molecule has 4 rings (SSSR count). The summed E-state index contributed by atoms with van der Waals surface area (Å²) in [6.07, 6.45) is 5.18. The first kappa shape index (κ1) is 17.7. The highest BCUT2D eigenvalue weighted by Gasteiger charge is 2.47. The summed E-state index contributed by atoms with van der Waals surface area (Å²) in [5, 5.41) is 17.6. The molecule has 1 aliphatic carbocycles. The Bertz CT molecular complexity index is 820. The van der Waals surface area contributed by atoms with Crippen molar-refractivity contribution < 1.29 is 19.1 Å². The van der Waals surface area contributed by atoms with Crippen LogP contribution in [0.4, 0.5) is 0 Å². The maximum Gasteiger partial charge on any atom is 0.326 e. The second kappa shape index (κ2) is 7.50. The number of carbonyl (C=O) groups excluding carboxylic acids is 1. The lowest BCUT2D eigenvalue weighted by atomic mass is 9.84. The van der Waals surface area contributed by atoms with Crippen LogP contribution in [0.15, 0.2) is 34.7 Å². The number of likely N-dealkylation sites (tertiary alicyclic amines) is 1. The predicted octanol–water partition coefficient (Wildman–Crippen LogP) is 2.91. The number of carboxylic acids is 1. The highest BCUT2D eigenvalue weighted by molar-refractivity contribution is 5.84. The predicted molar refractivity (Wildman–Crippen MR) is 96.7 cm³/mol. The summed E-state index contributed by atoms with van der Waals surface area (Å²) >= 11 is 0. The number of aromatic nitrogens is 2. The number of rotatable bonds is 5. The summed E-state index contributed by atoms with van der Waals surface area (Å²) in [6, 6.07) is 8.82. The number of carbonyl (C=O) groups is 2. The zero-order chi connectivity index (χ0) is 18.8. The van der Waals surface area contributed by atoms with Crippen LogP contribution < -0.4 is 0 Å². The summed E-state index contributed by atoms with van der Waals surface area (Å²) in [5.41, 5.74) is 0.832. The molecule has 0 radical (unpaired) electrons. The SMILES string of the molecule is O=C(O)[C@@H]1C[C@H]2CCCC[C@@H]2N1C(=O)CCc1nnc(-c2ccccc2)o1. The topological polar surface area (TPSA) is 96.5 Å². The minimum Gasteiger partial charge on any atom is -0.480 e. The van der Waals surface area contributed by atoms with Gasteiger partial charge in [-0.1, -0.05) is 31.0 Å². The monoisotopic (exact) mass is 369 g/mol. The lowest BCUT2D eigenvalue weighted by Gasteiger charge is -2.33. The van der Waals surface area contributed by atoms with Crippen molar-refractivity contribution in [1.82, 2.24) is 15.1 Å². The minimum absolute atomic E-state index is 0.0647. The molecule has 27 heavy (non-hydrogen) atoms. The van der Waals surface area contributed by atoms with Gasteiger partial charge >= 0.3 is 5.97 Å². The molecule has 0 unspecified atom stereocenters. The average Bonchev–Trinajstić information content (AvgIpc) is 3.32. The van der Waals surface area contributed by atoms with Gasteiger partial charge in [0.05, 0.1) is 0 Å². The van der Waals surface area contributed by atoms with Crippen LogP contribution in [0.1, 0.15) is 44.4 Å². The van der Waals surface area contributed by atoms with Gasteiger partial charge in [-0.25, -0.2) is 4.79 Å². The van der Waals surface area contributed by atoms with Crippen LogP contribution in [0.25, 0.3) is 11.5 Å². The highest BCUT2D eigenvalue weighted by atomic mass is 16.4. The maximum absolute atomic E-state index is 12.8. The van der Waals surface area contributed by atoms with Crippen LogP contribution in [-0.2, 0) is 16.0 Å². The summed E-state index contributed by atoms with van der Waals surface area (Å²) in [4.78, 5) is 26.1. The molecular weight excluding hydrogens is 346 g/mol. The molecule has 1 aliphatic heterocycles. The second-order valence-electron chi connectivity index (χ2n) is 7.37. The van der Waals surface area contributed by atoms with E-state index >= 15 is 0 Å². The molecule has 1 saturated carbocycles. The molecule has 2 heterocycles. The van der Waals surface area contributed by atoms with Crippen molar-refractivity contribution in [2.75, 3.05) is 0 Å². The first-order valence-electron chi connectivity index (χ1n) is 9.55. The Balaban J connectivity index is 1.42. The lowest BCUT2D eigenvalue weighted by Crippen LogP contribution is -2.46. The summed E-state index contributed by atoms with van der Waals surface area (Å²) in [5.74, 6) is 0.110. The van der Waals surface area contributed by atoms with Crippen LogP contribution in [0.5, 0.6) is 0 Å². The van der Waals surface area contributed by atoms with E-state index < -0.39 is 12.0 Å². The average molecular weight is 369 g/mol. The molecule has 2 aromatic rings. The summed E-state index contributed by atoms with van der Waals surface area (Å²) < 4.78 is 5.65. The zero-order valence-corrected chi connectivity index (χ0v) is 15.1. The van der Waals surface area contributed by atoms with Crippen LogP contribution in [0.2, 0.25) is 0 Å². The van der Waals surface area contributed by atoms with E-state index in [0.29, 0.717) is 30.5 Å². The molecule has 1 aromatic heterocycles. The van der Waals surface area contributed by atoms with Gasteiger partial charge in [-0.05, 0) is 37.3 Å². The van der Waals surface area contributed by atoms with Crippen molar-refractivity contribution in [1.29, 1.82) is 0 Å². The van der Waals surface area contributed by atoms with Gasteiger partial charge in [0.1, 0.15) is 6.04 Å². The van der Waals surface area contributed by atoms with Crippen molar-refractivity contribution in [2.24, 2.45) is 5.92 Å². The van der Waals surface area contributed by atoms with Gasteiger partial charge in [0.15, 0.2) is 0 Å². The number of carboxylic acid groups (broad SMARTS) is 1. The third-order valence-electron chi connectivity index (χ3n) is 5.70. The third kappa shape index (κ3) is 3.59. The van der Waals surface area contributed by atoms with Crippen LogP contribution in [0, 0.1) is 5.92 Å². The fourth-order valence-electron chi connectivity index (χ4n) is 4.43.